The van der Waals surface area contributed by atoms with Gasteiger partial charge in [0.2, 0.25) is 0 Å². The van der Waals surface area contributed by atoms with E-state index in [1.807, 2.05) is 0 Å². The molecule has 0 amide bonds. The number of nitrogens with one attached hydrogen (secondary N) is 1. The van der Waals surface area contributed by atoms with Crippen molar-refractivity contribution in [3.05, 3.63) is 35.1 Å². The molecule has 3 nitrogen and oxygen atoms in total. The second kappa shape index (κ2) is 6.29. The molecule has 0 fully saturated rings. The third-order valence-corrected chi connectivity index (χ3v) is 3.29. The zero-order valence-corrected chi connectivity index (χ0v) is 11.8. The molecule has 1 rings (SSSR count). The van der Waals surface area contributed by atoms with Crippen LogP contribution in [0.5, 0.6) is 0 Å². The smallest absolute Gasteiger partial charge is 0.151 e. The van der Waals surface area contributed by atoms with Gasteiger partial charge in [-0.05, 0) is 35.7 Å². The number of hydrogen-bond acceptors (Lipinski definition) is 3. The van der Waals surface area contributed by atoms with Crippen molar-refractivity contribution in [2.45, 2.75) is 26.1 Å². The minimum absolute atomic E-state index is 0.0496. The largest absolute Gasteiger partial charge is 0.312 e. The molecule has 0 unspecified atom stereocenters. The summed E-state index contributed by atoms with van der Waals surface area (Å²) in [5.74, 6) is 0.108. The summed E-state index contributed by atoms with van der Waals surface area (Å²) in [6.07, 6.45) is 1.18. The van der Waals surface area contributed by atoms with Crippen molar-refractivity contribution in [1.29, 1.82) is 0 Å². The summed E-state index contributed by atoms with van der Waals surface area (Å²) >= 11 is 0. The zero-order valence-electron chi connectivity index (χ0n) is 11.0. The summed E-state index contributed by atoms with van der Waals surface area (Å²) in [5.41, 5.74) is 1.37. The molecule has 0 spiro atoms. The molecule has 0 heterocycles. The van der Waals surface area contributed by atoms with Crippen LogP contribution in [0.2, 0.25) is 0 Å². The van der Waals surface area contributed by atoms with Gasteiger partial charge in [0, 0.05) is 12.8 Å². The van der Waals surface area contributed by atoms with Crippen LogP contribution in [0, 0.1) is 11.7 Å². The molecule has 0 aliphatic rings. The van der Waals surface area contributed by atoms with E-state index in [2.05, 4.69) is 19.2 Å². The van der Waals surface area contributed by atoms with Crippen molar-refractivity contribution in [3.8, 4) is 0 Å². The van der Waals surface area contributed by atoms with Crippen LogP contribution in [0.1, 0.15) is 25.0 Å². The van der Waals surface area contributed by atoms with Crippen molar-refractivity contribution in [2.75, 3.05) is 12.8 Å². The monoisotopic (exact) mass is 273 g/mol. The Morgan fingerprint density at radius 3 is 2.50 bits per heavy atom. The van der Waals surface area contributed by atoms with Gasteiger partial charge in [-0.25, -0.2) is 12.8 Å². The summed E-state index contributed by atoms with van der Waals surface area (Å²) in [6.45, 7) is 5.46. The maximum atomic E-state index is 13.2. The summed E-state index contributed by atoms with van der Waals surface area (Å²) in [4.78, 5) is 0. The van der Waals surface area contributed by atoms with Gasteiger partial charge >= 0.3 is 0 Å². The minimum Gasteiger partial charge on any atom is -0.312 e. The lowest BCUT2D eigenvalue weighted by molar-refractivity contribution is 0.548. The van der Waals surface area contributed by atoms with Gasteiger partial charge in [-0.1, -0.05) is 19.9 Å². The third kappa shape index (κ3) is 5.60. The number of sulfone groups is 1. The van der Waals surface area contributed by atoms with Crippen LogP contribution in [0.3, 0.4) is 0 Å². The average Bonchev–Trinajstić information content (AvgIpc) is 2.19. The van der Waals surface area contributed by atoms with E-state index in [-0.39, 0.29) is 11.6 Å². The first-order valence-corrected chi connectivity index (χ1v) is 7.99. The lowest BCUT2D eigenvalue weighted by atomic mass is 10.1. The van der Waals surface area contributed by atoms with Gasteiger partial charge in [0.05, 0.1) is 5.75 Å². The molecule has 1 aromatic carbocycles. The molecule has 0 radical (unpaired) electrons. The van der Waals surface area contributed by atoms with Crippen LogP contribution >= 0.6 is 0 Å². The van der Waals surface area contributed by atoms with E-state index >= 15 is 0 Å². The molecule has 0 aromatic heterocycles. The van der Waals surface area contributed by atoms with E-state index in [0.29, 0.717) is 23.6 Å². The Bertz CT molecular complexity index is 498. The molecule has 5 heteroatoms. The molecule has 0 saturated heterocycles. The zero-order chi connectivity index (χ0) is 13.8. The van der Waals surface area contributed by atoms with Gasteiger partial charge in [-0.3, -0.25) is 0 Å². The van der Waals surface area contributed by atoms with Gasteiger partial charge in [-0.2, -0.15) is 0 Å². The van der Waals surface area contributed by atoms with Crippen molar-refractivity contribution >= 4 is 9.84 Å². The van der Waals surface area contributed by atoms with Gasteiger partial charge in [0.25, 0.3) is 0 Å². The number of halogens is 1. The van der Waals surface area contributed by atoms with E-state index in [9.17, 15) is 12.8 Å². The van der Waals surface area contributed by atoms with Crippen LogP contribution in [-0.4, -0.2) is 21.2 Å². The lowest BCUT2D eigenvalue weighted by Gasteiger charge is -2.11. The number of rotatable bonds is 6. The van der Waals surface area contributed by atoms with Crippen LogP contribution in [0.4, 0.5) is 4.39 Å². The maximum absolute atomic E-state index is 13.2. The summed E-state index contributed by atoms with van der Waals surface area (Å²) in [6, 6.07) is 4.24. The molecule has 0 atom stereocenters. The van der Waals surface area contributed by atoms with Crippen molar-refractivity contribution in [1.82, 2.24) is 5.32 Å². The maximum Gasteiger partial charge on any atom is 0.151 e. The molecule has 0 aliphatic heterocycles. The summed E-state index contributed by atoms with van der Waals surface area (Å²) in [7, 11) is -3.10. The number of benzene rings is 1. The molecule has 18 heavy (non-hydrogen) atoms. The second-order valence-electron chi connectivity index (χ2n) is 5.01. The van der Waals surface area contributed by atoms with E-state index in [4.69, 9.17) is 0 Å². The summed E-state index contributed by atoms with van der Waals surface area (Å²) in [5, 5.41) is 3.19. The fourth-order valence-corrected chi connectivity index (χ4v) is 2.52. The molecular weight excluding hydrogens is 253 g/mol. The highest BCUT2D eigenvalue weighted by atomic mass is 32.2. The van der Waals surface area contributed by atoms with E-state index in [1.165, 1.54) is 18.4 Å². The molecule has 0 bridgehead atoms. The third-order valence-electron chi connectivity index (χ3n) is 2.45. The highest BCUT2D eigenvalue weighted by molar-refractivity contribution is 7.89. The predicted molar refractivity (Wildman–Crippen MR) is 71.5 cm³/mol. The molecular formula is C13H20FNO2S. The SMILES string of the molecule is CC(C)CNCc1cc(F)ccc1CS(C)(=O)=O. The van der Waals surface area contributed by atoms with Crippen LogP contribution < -0.4 is 5.32 Å². The first-order chi connectivity index (χ1) is 8.28. The van der Waals surface area contributed by atoms with Crippen LogP contribution in [0.15, 0.2) is 18.2 Å². The highest BCUT2D eigenvalue weighted by Crippen LogP contribution is 2.14. The predicted octanol–water partition coefficient (Wildman–Crippen LogP) is 2.12. The van der Waals surface area contributed by atoms with Crippen molar-refractivity contribution in [3.63, 3.8) is 0 Å². The van der Waals surface area contributed by atoms with Crippen LogP contribution in [-0.2, 0) is 22.1 Å². The van der Waals surface area contributed by atoms with Gasteiger partial charge in [-0.15, -0.1) is 0 Å². The molecule has 1 aromatic rings. The topological polar surface area (TPSA) is 46.2 Å². The molecule has 1 N–H and O–H groups in total. The number of hydrogen-bond donors (Lipinski definition) is 1. The Morgan fingerprint density at radius 1 is 1.28 bits per heavy atom. The van der Waals surface area contributed by atoms with Gasteiger partial charge in [0.1, 0.15) is 5.82 Å². The Hall–Kier alpha value is -0.940. The van der Waals surface area contributed by atoms with E-state index < -0.39 is 9.84 Å². The first kappa shape index (κ1) is 15.1. The van der Waals surface area contributed by atoms with Crippen molar-refractivity contribution < 1.29 is 12.8 Å². The fourth-order valence-electron chi connectivity index (χ4n) is 1.68. The average molecular weight is 273 g/mol. The highest BCUT2D eigenvalue weighted by Gasteiger charge is 2.10. The Labute approximate surface area is 108 Å². The fraction of sp³-hybridized carbons (Fsp3) is 0.538. The molecule has 102 valence electrons. The normalized spacial score (nSPS) is 12.1. The Balaban J connectivity index is 2.83. The lowest BCUT2D eigenvalue weighted by Crippen LogP contribution is -2.20. The van der Waals surface area contributed by atoms with Gasteiger partial charge < -0.3 is 5.32 Å². The Morgan fingerprint density at radius 2 is 1.94 bits per heavy atom. The van der Waals surface area contributed by atoms with Gasteiger partial charge in [0.15, 0.2) is 9.84 Å². The molecule has 0 saturated carbocycles. The quantitative estimate of drug-likeness (QED) is 0.863. The van der Waals surface area contributed by atoms with Crippen LogP contribution in [0.25, 0.3) is 0 Å². The minimum atomic E-state index is -3.10. The molecule has 0 aliphatic carbocycles. The van der Waals surface area contributed by atoms with E-state index in [1.54, 1.807) is 6.07 Å². The Kier molecular flexibility index (Phi) is 5.28. The van der Waals surface area contributed by atoms with E-state index in [0.717, 1.165) is 6.54 Å². The van der Waals surface area contributed by atoms with Crippen molar-refractivity contribution in [2.24, 2.45) is 5.92 Å². The second-order valence-corrected chi connectivity index (χ2v) is 7.15. The standard InChI is InChI=1S/C13H20FNO2S/c1-10(2)7-15-8-12-6-13(14)5-4-11(12)9-18(3,16)17/h4-6,10,15H,7-9H2,1-3H3. The first-order valence-electron chi connectivity index (χ1n) is 5.93. The summed E-state index contributed by atoms with van der Waals surface area (Å²) < 4.78 is 35.8.